The maximum Gasteiger partial charge on any atom is 0.243 e. The molecule has 0 unspecified atom stereocenters. The van der Waals surface area contributed by atoms with Crippen LogP contribution >= 0.6 is 0 Å². The van der Waals surface area contributed by atoms with Gasteiger partial charge in [0.1, 0.15) is 0 Å². The molecule has 10 heteroatoms. The fraction of sp³-hybridized carbons (Fsp3) is 0.458. The zero-order chi connectivity index (χ0) is 23.5. The van der Waals surface area contributed by atoms with E-state index in [1.165, 1.54) is 9.87 Å². The van der Waals surface area contributed by atoms with Gasteiger partial charge in [-0.15, -0.1) is 0 Å². The van der Waals surface area contributed by atoms with Crippen LogP contribution in [0.15, 0.2) is 47.4 Å². The number of benzene rings is 2. The molecule has 3 aliphatic heterocycles. The van der Waals surface area contributed by atoms with Gasteiger partial charge in [-0.2, -0.15) is 4.31 Å². The normalized spacial score (nSPS) is 19.2. The second-order valence-corrected chi connectivity index (χ2v) is 10.6. The molecule has 5 rings (SSSR count). The molecule has 0 aromatic heterocycles. The predicted octanol–water partition coefficient (Wildman–Crippen LogP) is 1.55. The first-order chi connectivity index (χ1) is 16.5. The van der Waals surface area contributed by atoms with E-state index in [9.17, 15) is 13.2 Å². The van der Waals surface area contributed by atoms with E-state index in [1.54, 1.807) is 18.2 Å². The van der Waals surface area contributed by atoms with Crippen molar-refractivity contribution in [1.29, 1.82) is 0 Å². The molecule has 0 aliphatic carbocycles. The highest BCUT2D eigenvalue weighted by Gasteiger charge is 2.28. The van der Waals surface area contributed by atoms with E-state index in [1.807, 2.05) is 18.2 Å². The Morgan fingerprint density at radius 2 is 1.59 bits per heavy atom. The number of hydrogen-bond donors (Lipinski definition) is 1. The van der Waals surface area contributed by atoms with E-state index < -0.39 is 10.0 Å². The van der Waals surface area contributed by atoms with Gasteiger partial charge in [-0.05, 0) is 36.2 Å². The highest BCUT2D eigenvalue weighted by molar-refractivity contribution is 7.89. The minimum absolute atomic E-state index is 0.174. The van der Waals surface area contributed by atoms with E-state index in [0.717, 1.165) is 24.3 Å². The molecular formula is C24H30N4O5S. The summed E-state index contributed by atoms with van der Waals surface area (Å²) in [7, 11) is -3.68. The zero-order valence-electron chi connectivity index (χ0n) is 19.1. The van der Waals surface area contributed by atoms with Crippen LogP contribution in [0.25, 0.3) is 0 Å². The Balaban J connectivity index is 1.40. The molecule has 2 aromatic carbocycles. The quantitative estimate of drug-likeness (QED) is 0.662. The highest BCUT2D eigenvalue weighted by Crippen LogP contribution is 2.32. The van der Waals surface area contributed by atoms with Crippen LogP contribution in [0.5, 0.6) is 0 Å². The number of carbonyl (C=O) groups excluding carboxylic acids is 1. The molecule has 3 aliphatic rings. The summed E-state index contributed by atoms with van der Waals surface area (Å²) in [5, 5.41) is 3.01. The van der Waals surface area contributed by atoms with Gasteiger partial charge in [0, 0.05) is 38.4 Å². The topological polar surface area (TPSA) is 91.4 Å². The van der Waals surface area contributed by atoms with E-state index in [0.29, 0.717) is 58.3 Å². The summed E-state index contributed by atoms with van der Waals surface area (Å²) in [6.45, 7) is 4.94. The van der Waals surface area contributed by atoms with Crippen molar-refractivity contribution in [2.45, 2.75) is 11.3 Å². The smallest absolute Gasteiger partial charge is 0.243 e. The predicted molar refractivity (Wildman–Crippen MR) is 130 cm³/mol. The van der Waals surface area contributed by atoms with Crippen LogP contribution < -0.4 is 15.1 Å². The summed E-state index contributed by atoms with van der Waals surface area (Å²) in [6, 6.07) is 13.1. The van der Waals surface area contributed by atoms with Gasteiger partial charge in [-0.25, -0.2) is 8.42 Å². The van der Waals surface area contributed by atoms with E-state index >= 15 is 0 Å². The lowest BCUT2D eigenvalue weighted by molar-refractivity contribution is -0.115. The molecule has 9 nitrogen and oxygen atoms in total. The molecule has 0 radical (unpaired) electrons. The number of para-hydroxylation sites is 1. The summed E-state index contributed by atoms with van der Waals surface area (Å²) in [5.41, 5.74) is 3.63. The lowest BCUT2D eigenvalue weighted by atomic mass is 10.2. The number of nitrogens with zero attached hydrogens (tertiary/aromatic N) is 3. The number of nitrogens with one attached hydrogen (secondary N) is 1. The Bertz CT molecular complexity index is 1140. The zero-order valence-corrected chi connectivity index (χ0v) is 19.9. The van der Waals surface area contributed by atoms with Crippen LogP contribution in [0, 0.1) is 0 Å². The Labute approximate surface area is 200 Å². The minimum atomic E-state index is -3.68. The Hall–Kier alpha value is -2.66. The molecule has 3 heterocycles. The summed E-state index contributed by atoms with van der Waals surface area (Å²) in [6.07, 6.45) is 0.912. The van der Waals surface area contributed by atoms with Crippen molar-refractivity contribution < 1.29 is 22.7 Å². The van der Waals surface area contributed by atoms with Crippen molar-refractivity contribution >= 4 is 33.0 Å². The first-order valence-electron chi connectivity index (χ1n) is 11.7. The Morgan fingerprint density at radius 1 is 0.882 bits per heavy atom. The summed E-state index contributed by atoms with van der Waals surface area (Å²) < 4.78 is 38.7. The van der Waals surface area contributed by atoms with Gasteiger partial charge in [-0.3, -0.25) is 4.79 Å². The molecule has 0 saturated carbocycles. The SMILES string of the molecule is O=C(CN1CCc2ccccc21)Nc1cc(S(=O)(=O)N2CCOCC2)ccc1N1CCOCC1. The van der Waals surface area contributed by atoms with E-state index in [-0.39, 0.29) is 17.3 Å². The van der Waals surface area contributed by atoms with Crippen LogP contribution in [0.2, 0.25) is 0 Å². The van der Waals surface area contributed by atoms with Crippen LogP contribution in [-0.2, 0) is 30.7 Å². The monoisotopic (exact) mass is 486 g/mol. The van der Waals surface area contributed by atoms with Crippen molar-refractivity contribution in [2.75, 3.05) is 80.8 Å². The van der Waals surface area contributed by atoms with Gasteiger partial charge in [0.25, 0.3) is 0 Å². The van der Waals surface area contributed by atoms with E-state index in [2.05, 4.69) is 21.2 Å². The van der Waals surface area contributed by atoms with Gasteiger partial charge in [-0.1, -0.05) is 18.2 Å². The van der Waals surface area contributed by atoms with Crippen LogP contribution in [0.4, 0.5) is 17.1 Å². The third-order valence-corrected chi connectivity index (χ3v) is 8.41. The molecule has 2 saturated heterocycles. The average Bonchev–Trinajstić information content (AvgIpc) is 3.27. The maximum absolute atomic E-state index is 13.2. The van der Waals surface area contributed by atoms with Crippen molar-refractivity contribution in [3.8, 4) is 0 Å². The minimum Gasteiger partial charge on any atom is -0.379 e. The lowest BCUT2D eigenvalue weighted by Gasteiger charge is -2.31. The Kier molecular flexibility index (Phi) is 6.73. The second kappa shape index (κ2) is 9.91. The summed E-state index contributed by atoms with van der Waals surface area (Å²) >= 11 is 0. The van der Waals surface area contributed by atoms with Crippen molar-refractivity contribution in [1.82, 2.24) is 4.31 Å². The molecule has 1 N–H and O–H groups in total. The van der Waals surface area contributed by atoms with Gasteiger partial charge in [0.15, 0.2) is 0 Å². The van der Waals surface area contributed by atoms with Gasteiger partial charge in [0.2, 0.25) is 15.9 Å². The third kappa shape index (κ3) is 4.76. The maximum atomic E-state index is 13.2. The molecule has 0 bridgehead atoms. The number of fused-ring (bicyclic) bond motifs is 1. The standard InChI is InChI=1S/C24H30N4O5S/c29-24(18-27-8-7-19-3-1-2-4-22(19)27)25-21-17-20(34(30,31)28-11-15-33-16-12-28)5-6-23(21)26-9-13-32-14-10-26/h1-6,17H,7-16,18H2,(H,25,29). The number of ether oxygens (including phenoxy) is 2. The average molecular weight is 487 g/mol. The van der Waals surface area contributed by atoms with Crippen molar-refractivity contribution in [3.63, 3.8) is 0 Å². The number of rotatable bonds is 6. The van der Waals surface area contributed by atoms with Crippen LogP contribution in [0.3, 0.4) is 0 Å². The molecule has 2 aromatic rings. The van der Waals surface area contributed by atoms with Gasteiger partial charge < -0.3 is 24.6 Å². The molecule has 1 amide bonds. The Morgan fingerprint density at radius 3 is 2.35 bits per heavy atom. The molecule has 0 atom stereocenters. The lowest BCUT2D eigenvalue weighted by Crippen LogP contribution is -2.40. The van der Waals surface area contributed by atoms with E-state index in [4.69, 9.17) is 9.47 Å². The van der Waals surface area contributed by atoms with Crippen LogP contribution in [0.1, 0.15) is 5.56 Å². The summed E-state index contributed by atoms with van der Waals surface area (Å²) in [4.78, 5) is 17.5. The first-order valence-corrected chi connectivity index (χ1v) is 13.1. The van der Waals surface area contributed by atoms with Gasteiger partial charge in [0.05, 0.1) is 49.2 Å². The second-order valence-electron chi connectivity index (χ2n) is 8.64. The molecule has 0 spiro atoms. The first kappa shape index (κ1) is 23.1. The van der Waals surface area contributed by atoms with Crippen molar-refractivity contribution in [2.24, 2.45) is 0 Å². The largest absolute Gasteiger partial charge is 0.379 e. The molecule has 2 fully saturated rings. The van der Waals surface area contributed by atoms with Crippen molar-refractivity contribution in [3.05, 3.63) is 48.0 Å². The number of anilines is 3. The molecule has 182 valence electrons. The molecule has 34 heavy (non-hydrogen) atoms. The number of morpholine rings is 2. The fourth-order valence-corrected chi connectivity index (χ4v) is 6.16. The van der Waals surface area contributed by atoms with Gasteiger partial charge >= 0.3 is 0 Å². The fourth-order valence-electron chi connectivity index (χ4n) is 4.73. The number of carbonyl (C=O) groups is 1. The number of sulfonamides is 1. The summed E-state index contributed by atoms with van der Waals surface area (Å²) in [5.74, 6) is -0.174. The third-order valence-electron chi connectivity index (χ3n) is 6.52. The number of amides is 1. The number of hydrogen-bond acceptors (Lipinski definition) is 7. The highest BCUT2D eigenvalue weighted by atomic mass is 32.2. The van der Waals surface area contributed by atoms with Crippen LogP contribution in [-0.4, -0.2) is 84.3 Å². The molecular weight excluding hydrogens is 456 g/mol.